The summed E-state index contributed by atoms with van der Waals surface area (Å²) in [6, 6.07) is 11.0. The van der Waals surface area contributed by atoms with Crippen LogP contribution >= 0.6 is 0 Å². The van der Waals surface area contributed by atoms with Crippen molar-refractivity contribution in [3.05, 3.63) is 60.7 Å². The summed E-state index contributed by atoms with van der Waals surface area (Å²) in [5.74, 6) is 0. The minimum absolute atomic E-state index is 0.929. The van der Waals surface area contributed by atoms with E-state index in [1.807, 2.05) is 24.8 Å². The molecule has 8 heteroatoms. The first kappa shape index (κ1) is 22.4. The van der Waals surface area contributed by atoms with Crippen molar-refractivity contribution in [3.63, 3.8) is 0 Å². The Kier molecular flexibility index (Phi) is 5.63. The van der Waals surface area contributed by atoms with Gasteiger partial charge in [0, 0.05) is 61.5 Å². The average Bonchev–Trinajstić information content (AvgIpc) is 3.68. The standard InChI is InChI=1S/C29H32N8/c1-35-8-10-37(11-9-35)28-18-31-17-27-23(28)14-26(32-27)29-24-13-21(4-5-25(24)33-34-29)22-12-20(15-30-16-22)19-36-6-2-3-7-36/h4-5,12-18,32H,2-3,6-11,19H2,1H3,(H,33,34). The number of H-pyrrole nitrogens is 2. The Balaban J connectivity index is 1.24. The van der Waals surface area contributed by atoms with E-state index in [-0.39, 0.29) is 0 Å². The van der Waals surface area contributed by atoms with Gasteiger partial charge in [0.1, 0.15) is 5.69 Å². The van der Waals surface area contributed by atoms with E-state index >= 15 is 0 Å². The van der Waals surface area contributed by atoms with Gasteiger partial charge in [-0.2, -0.15) is 5.10 Å². The molecule has 0 bridgehead atoms. The molecule has 6 heterocycles. The normalized spacial score (nSPS) is 17.4. The van der Waals surface area contributed by atoms with Crippen LogP contribution in [0, 0.1) is 0 Å². The van der Waals surface area contributed by atoms with Gasteiger partial charge in [0.2, 0.25) is 0 Å². The Labute approximate surface area is 216 Å². The molecule has 2 fully saturated rings. The number of piperazine rings is 1. The third-order valence-electron chi connectivity index (χ3n) is 7.92. The molecule has 5 aromatic rings. The maximum Gasteiger partial charge on any atom is 0.116 e. The lowest BCUT2D eigenvalue weighted by Crippen LogP contribution is -2.44. The number of rotatable bonds is 5. The maximum absolute atomic E-state index is 4.71. The Morgan fingerprint density at radius 1 is 0.784 bits per heavy atom. The Hall–Kier alpha value is -3.75. The predicted octanol–water partition coefficient (Wildman–Crippen LogP) is 4.52. The lowest BCUT2D eigenvalue weighted by Gasteiger charge is -2.34. The van der Waals surface area contributed by atoms with Gasteiger partial charge < -0.3 is 14.8 Å². The molecule has 0 amide bonds. The molecule has 37 heavy (non-hydrogen) atoms. The molecule has 4 aromatic heterocycles. The van der Waals surface area contributed by atoms with Gasteiger partial charge in [0.15, 0.2) is 0 Å². The highest BCUT2D eigenvalue weighted by atomic mass is 15.3. The summed E-state index contributed by atoms with van der Waals surface area (Å²) in [5, 5.41) is 10.2. The van der Waals surface area contributed by atoms with E-state index in [1.54, 1.807) is 0 Å². The topological polar surface area (TPSA) is 80.0 Å². The fourth-order valence-corrected chi connectivity index (χ4v) is 5.79. The lowest BCUT2D eigenvalue weighted by atomic mass is 10.0. The molecule has 2 saturated heterocycles. The number of benzene rings is 1. The minimum Gasteiger partial charge on any atom is -0.367 e. The van der Waals surface area contributed by atoms with Gasteiger partial charge in [-0.15, -0.1) is 0 Å². The van der Waals surface area contributed by atoms with E-state index in [9.17, 15) is 0 Å². The van der Waals surface area contributed by atoms with Gasteiger partial charge in [0.25, 0.3) is 0 Å². The van der Waals surface area contributed by atoms with Crippen LogP contribution < -0.4 is 4.90 Å². The Morgan fingerprint density at radius 2 is 1.62 bits per heavy atom. The summed E-state index contributed by atoms with van der Waals surface area (Å²) in [6.07, 6.45) is 10.5. The number of aromatic amines is 2. The molecule has 2 aliphatic rings. The molecule has 0 atom stereocenters. The number of pyridine rings is 2. The van der Waals surface area contributed by atoms with Gasteiger partial charge >= 0.3 is 0 Å². The molecule has 188 valence electrons. The number of anilines is 1. The second kappa shape index (κ2) is 9.28. The Morgan fingerprint density at radius 3 is 2.49 bits per heavy atom. The summed E-state index contributed by atoms with van der Waals surface area (Å²) in [6.45, 7) is 7.49. The van der Waals surface area contributed by atoms with Crippen LogP contribution in [0.5, 0.6) is 0 Å². The first-order valence-electron chi connectivity index (χ1n) is 13.3. The minimum atomic E-state index is 0.929. The highest BCUT2D eigenvalue weighted by Crippen LogP contribution is 2.34. The van der Waals surface area contributed by atoms with E-state index < -0.39 is 0 Å². The largest absolute Gasteiger partial charge is 0.367 e. The highest BCUT2D eigenvalue weighted by Gasteiger charge is 2.19. The maximum atomic E-state index is 4.71. The number of nitrogens with one attached hydrogen (secondary N) is 2. The molecular weight excluding hydrogens is 460 g/mol. The number of aromatic nitrogens is 5. The molecule has 2 aliphatic heterocycles. The predicted molar refractivity (Wildman–Crippen MR) is 149 cm³/mol. The zero-order valence-electron chi connectivity index (χ0n) is 21.2. The Bertz CT molecular complexity index is 1550. The lowest BCUT2D eigenvalue weighted by molar-refractivity contribution is 0.313. The van der Waals surface area contributed by atoms with Crippen LogP contribution in [0.4, 0.5) is 5.69 Å². The second-order valence-electron chi connectivity index (χ2n) is 10.5. The fraction of sp³-hybridized carbons (Fsp3) is 0.345. The van der Waals surface area contributed by atoms with Crippen LogP contribution in [-0.2, 0) is 6.54 Å². The summed E-state index contributed by atoms with van der Waals surface area (Å²) < 4.78 is 0. The zero-order chi connectivity index (χ0) is 24.8. The molecular formula is C29H32N8. The van der Waals surface area contributed by atoms with Gasteiger partial charge in [-0.3, -0.25) is 20.0 Å². The molecule has 0 unspecified atom stereocenters. The van der Waals surface area contributed by atoms with Crippen molar-refractivity contribution in [3.8, 4) is 22.5 Å². The summed E-state index contributed by atoms with van der Waals surface area (Å²) in [7, 11) is 2.18. The molecule has 1 aromatic carbocycles. The van der Waals surface area contributed by atoms with Crippen LogP contribution in [0.2, 0.25) is 0 Å². The van der Waals surface area contributed by atoms with E-state index in [2.05, 4.69) is 72.1 Å². The van der Waals surface area contributed by atoms with Crippen LogP contribution in [0.25, 0.3) is 44.3 Å². The molecule has 0 aliphatic carbocycles. The van der Waals surface area contributed by atoms with Crippen molar-refractivity contribution < 1.29 is 0 Å². The number of nitrogens with zero attached hydrogens (tertiary/aromatic N) is 6. The number of likely N-dealkylation sites (tertiary alicyclic amines) is 1. The van der Waals surface area contributed by atoms with Crippen molar-refractivity contribution in [2.45, 2.75) is 19.4 Å². The van der Waals surface area contributed by atoms with E-state index in [0.717, 1.165) is 71.7 Å². The van der Waals surface area contributed by atoms with Crippen LogP contribution in [0.3, 0.4) is 0 Å². The van der Waals surface area contributed by atoms with Crippen molar-refractivity contribution in [2.75, 3.05) is 51.2 Å². The molecule has 8 nitrogen and oxygen atoms in total. The molecule has 7 rings (SSSR count). The first-order valence-corrected chi connectivity index (χ1v) is 13.3. The number of likely N-dealkylation sites (N-methyl/N-ethyl adjacent to an activating group) is 1. The van der Waals surface area contributed by atoms with Crippen molar-refractivity contribution in [1.29, 1.82) is 0 Å². The van der Waals surface area contributed by atoms with Gasteiger partial charge in [-0.25, -0.2) is 0 Å². The quantitative estimate of drug-likeness (QED) is 0.376. The van der Waals surface area contributed by atoms with Gasteiger partial charge in [-0.1, -0.05) is 6.07 Å². The number of hydrogen-bond acceptors (Lipinski definition) is 6. The zero-order valence-corrected chi connectivity index (χ0v) is 21.2. The molecule has 0 saturated carbocycles. The van der Waals surface area contributed by atoms with Crippen molar-refractivity contribution >= 4 is 27.5 Å². The van der Waals surface area contributed by atoms with Crippen LogP contribution in [-0.4, -0.2) is 81.3 Å². The number of fused-ring (bicyclic) bond motifs is 2. The van der Waals surface area contributed by atoms with Gasteiger partial charge in [-0.05, 0) is 68.4 Å². The monoisotopic (exact) mass is 492 g/mol. The van der Waals surface area contributed by atoms with E-state index in [1.165, 1.54) is 42.6 Å². The smallest absolute Gasteiger partial charge is 0.116 e. The summed E-state index contributed by atoms with van der Waals surface area (Å²) >= 11 is 0. The molecule has 0 spiro atoms. The third-order valence-corrected chi connectivity index (χ3v) is 7.92. The van der Waals surface area contributed by atoms with Crippen molar-refractivity contribution in [1.82, 2.24) is 34.9 Å². The third kappa shape index (κ3) is 4.26. The van der Waals surface area contributed by atoms with Crippen molar-refractivity contribution in [2.24, 2.45) is 0 Å². The van der Waals surface area contributed by atoms with Crippen LogP contribution in [0.15, 0.2) is 55.1 Å². The first-order chi connectivity index (χ1) is 18.2. The fourth-order valence-electron chi connectivity index (χ4n) is 5.79. The molecule has 0 radical (unpaired) electrons. The number of hydrogen-bond donors (Lipinski definition) is 2. The summed E-state index contributed by atoms with van der Waals surface area (Å²) in [5.41, 5.74) is 8.75. The molecule has 2 N–H and O–H groups in total. The van der Waals surface area contributed by atoms with Gasteiger partial charge in [0.05, 0.1) is 34.8 Å². The average molecular weight is 493 g/mol. The summed E-state index contributed by atoms with van der Waals surface area (Å²) in [4.78, 5) is 20.0. The highest BCUT2D eigenvalue weighted by molar-refractivity contribution is 6.00. The SMILES string of the molecule is CN1CCN(c2cncc3[nH]c(-c4n[nH]c5ccc(-c6cncc(CN7CCCC7)c6)cc45)cc23)CC1. The van der Waals surface area contributed by atoms with Crippen LogP contribution in [0.1, 0.15) is 18.4 Å². The second-order valence-corrected chi connectivity index (χ2v) is 10.5. The van der Waals surface area contributed by atoms with E-state index in [0.29, 0.717) is 0 Å². The van der Waals surface area contributed by atoms with E-state index in [4.69, 9.17) is 5.10 Å².